The Morgan fingerprint density at radius 3 is 2.69 bits per heavy atom. The third-order valence-corrected chi connectivity index (χ3v) is 4.13. The Hall–Kier alpha value is -0.810. The largest absolute Gasteiger partial charge is 0.465 e. The SMILES string of the molecule is CCS(=O)(=O)CCCNCc1ccc(C)o1. The molecule has 0 aromatic carbocycles. The van der Waals surface area contributed by atoms with E-state index in [9.17, 15) is 8.42 Å². The summed E-state index contributed by atoms with van der Waals surface area (Å²) in [5.74, 6) is 2.26. The Balaban J connectivity index is 2.13. The van der Waals surface area contributed by atoms with E-state index in [0.717, 1.165) is 11.5 Å². The van der Waals surface area contributed by atoms with Crippen molar-refractivity contribution in [1.29, 1.82) is 0 Å². The van der Waals surface area contributed by atoms with Crippen LogP contribution in [0.5, 0.6) is 0 Å². The summed E-state index contributed by atoms with van der Waals surface area (Å²) >= 11 is 0. The van der Waals surface area contributed by atoms with Crippen LogP contribution in [0, 0.1) is 6.92 Å². The average molecular weight is 245 g/mol. The molecular weight excluding hydrogens is 226 g/mol. The standard InChI is InChI=1S/C11H19NO3S/c1-3-16(13,14)8-4-7-12-9-11-6-5-10(2)15-11/h5-6,12H,3-4,7-9H2,1-2H3. The lowest BCUT2D eigenvalue weighted by Crippen LogP contribution is -2.18. The smallest absolute Gasteiger partial charge is 0.150 e. The van der Waals surface area contributed by atoms with Crippen molar-refractivity contribution in [3.05, 3.63) is 23.7 Å². The molecule has 0 radical (unpaired) electrons. The van der Waals surface area contributed by atoms with Gasteiger partial charge in [-0.25, -0.2) is 8.42 Å². The summed E-state index contributed by atoms with van der Waals surface area (Å²) in [7, 11) is -2.82. The lowest BCUT2D eigenvalue weighted by atomic mass is 10.4. The molecule has 4 nitrogen and oxygen atoms in total. The minimum absolute atomic E-state index is 0.227. The van der Waals surface area contributed by atoms with Crippen LogP contribution < -0.4 is 5.32 Å². The van der Waals surface area contributed by atoms with E-state index in [1.165, 1.54) is 0 Å². The molecule has 1 heterocycles. The van der Waals surface area contributed by atoms with Gasteiger partial charge in [-0.2, -0.15) is 0 Å². The van der Waals surface area contributed by atoms with Gasteiger partial charge >= 0.3 is 0 Å². The van der Waals surface area contributed by atoms with E-state index in [1.807, 2.05) is 19.1 Å². The predicted molar refractivity (Wildman–Crippen MR) is 64.1 cm³/mol. The molecule has 92 valence electrons. The van der Waals surface area contributed by atoms with Crippen LogP contribution in [0.25, 0.3) is 0 Å². The molecule has 0 fully saturated rings. The van der Waals surface area contributed by atoms with Crippen molar-refractivity contribution >= 4 is 9.84 Å². The zero-order valence-corrected chi connectivity index (χ0v) is 10.6. The summed E-state index contributed by atoms with van der Waals surface area (Å²) in [5, 5.41) is 3.15. The first-order chi connectivity index (χ1) is 7.53. The van der Waals surface area contributed by atoms with Crippen LogP contribution in [0.4, 0.5) is 0 Å². The average Bonchev–Trinajstić information content (AvgIpc) is 2.64. The molecule has 0 saturated carbocycles. The van der Waals surface area contributed by atoms with Crippen LogP contribution in [-0.2, 0) is 16.4 Å². The molecule has 5 heteroatoms. The molecule has 1 N–H and O–H groups in total. The summed E-state index contributed by atoms with van der Waals surface area (Å²) in [6.07, 6.45) is 0.649. The Bertz CT molecular complexity index is 409. The van der Waals surface area contributed by atoms with Gasteiger partial charge in [-0.1, -0.05) is 6.92 Å². The third kappa shape index (κ3) is 4.81. The highest BCUT2D eigenvalue weighted by atomic mass is 32.2. The molecule has 0 bridgehead atoms. The topological polar surface area (TPSA) is 59.3 Å². The van der Waals surface area contributed by atoms with Gasteiger partial charge < -0.3 is 9.73 Å². The van der Waals surface area contributed by atoms with E-state index in [1.54, 1.807) is 6.92 Å². The zero-order chi connectivity index (χ0) is 12.0. The van der Waals surface area contributed by atoms with E-state index >= 15 is 0 Å². The maximum atomic E-state index is 11.2. The first kappa shape index (κ1) is 13.3. The summed E-state index contributed by atoms with van der Waals surface area (Å²) in [4.78, 5) is 0. The number of hydrogen-bond acceptors (Lipinski definition) is 4. The number of rotatable bonds is 7. The molecule has 0 amide bonds. The fourth-order valence-electron chi connectivity index (χ4n) is 1.35. The number of furan rings is 1. The second-order valence-electron chi connectivity index (χ2n) is 3.78. The quantitative estimate of drug-likeness (QED) is 0.740. The lowest BCUT2D eigenvalue weighted by molar-refractivity contribution is 0.462. The maximum Gasteiger partial charge on any atom is 0.150 e. The molecular formula is C11H19NO3S. The Labute approximate surface area is 97.0 Å². The van der Waals surface area contributed by atoms with Crippen molar-refractivity contribution in [2.75, 3.05) is 18.1 Å². The Morgan fingerprint density at radius 2 is 2.12 bits per heavy atom. The van der Waals surface area contributed by atoms with Gasteiger partial charge in [-0.3, -0.25) is 0 Å². The van der Waals surface area contributed by atoms with Crippen molar-refractivity contribution in [3.8, 4) is 0 Å². The zero-order valence-electron chi connectivity index (χ0n) is 9.82. The molecule has 16 heavy (non-hydrogen) atoms. The van der Waals surface area contributed by atoms with Crippen molar-refractivity contribution in [2.24, 2.45) is 0 Å². The third-order valence-electron chi connectivity index (χ3n) is 2.34. The molecule has 0 atom stereocenters. The molecule has 0 aliphatic rings. The van der Waals surface area contributed by atoms with Crippen LogP contribution in [0.2, 0.25) is 0 Å². The van der Waals surface area contributed by atoms with Gasteiger partial charge in [0.05, 0.1) is 12.3 Å². The van der Waals surface area contributed by atoms with E-state index < -0.39 is 9.84 Å². The summed E-state index contributed by atoms with van der Waals surface area (Å²) in [6.45, 7) is 4.92. The Kier molecular flexibility index (Phi) is 5.02. The van der Waals surface area contributed by atoms with Gasteiger partial charge in [0.15, 0.2) is 0 Å². The van der Waals surface area contributed by atoms with Crippen LogP contribution in [0.15, 0.2) is 16.5 Å². The second kappa shape index (κ2) is 6.06. The van der Waals surface area contributed by atoms with E-state index in [2.05, 4.69) is 5.32 Å². The van der Waals surface area contributed by atoms with Gasteiger partial charge in [-0.05, 0) is 32.0 Å². The van der Waals surface area contributed by atoms with Crippen LogP contribution in [0.3, 0.4) is 0 Å². The number of aryl methyl sites for hydroxylation is 1. The first-order valence-electron chi connectivity index (χ1n) is 5.50. The van der Waals surface area contributed by atoms with Crippen LogP contribution >= 0.6 is 0 Å². The molecule has 1 aromatic rings. The highest BCUT2D eigenvalue weighted by Gasteiger charge is 2.06. The highest BCUT2D eigenvalue weighted by Crippen LogP contribution is 2.05. The molecule has 0 saturated heterocycles. The van der Waals surface area contributed by atoms with Crippen molar-refractivity contribution < 1.29 is 12.8 Å². The lowest BCUT2D eigenvalue weighted by Gasteiger charge is -2.03. The van der Waals surface area contributed by atoms with Crippen LogP contribution in [-0.4, -0.2) is 26.5 Å². The molecule has 1 aromatic heterocycles. The van der Waals surface area contributed by atoms with Crippen LogP contribution in [0.1, 0.15) is 24.9 Å². The fraction of sp³-hybridized carbons (Fsp3) is 0.636. The van der Waals surface area contributed by atoms with Gasteiger partial charge in [0.1, 0.15) is 21.4 Å². The van der Waals surface area contributed by atoms with Gasteiger partial charge in [0.2, 0.25) is 0 Å². The highest BCUT2D eigenvalue weighted by molar-refractivity contribution is 7.91. The number of nitrogens with one attached hydrogen (secondary N) is 1. The van der Waals surface area contributed by atoms with E-state index in [0.29, 0.717) is 19.5 Å². The molecule has 0 spiro atoms. The van der Waals surface area contributed by atoms with E-state index in [-0.39, 0.29) is 11.5 Å². The van der Waals surface area contributed by atoms with Gasteiger partial charge in [-0.15, -0.1) is 0 Å². The van der Waals surface area contributed by atoms with Gasteiger partial charge in [0, 0.05) is 5.75 Å². The molecule has 0 aliphatic carbocycles. The van der Waals surface area contributed by atoms with Crippen molar-refractivity contribution in [2.45, 2.75) is 26.8 Å². The number of hydrogen-bond donors (Lipinski definition) is 1. The predicted octanol–water partition coefficient (Wildman–Crippen LogP) is 1.50. The minimum Gasteiger partial charge on any atom is -0.465 e. The minimum atomic E-state index is -2.82. The summed E-state index contributed by atoms with van der Waals surface area (Å²) in [5.41, 5.74) is 0. The van der Waals surface area contributed by atoms with E-state index in [4.69, 9.17) is 4.42 Å². The summed E-state index contributed by atoms with van der Waals surface area (Å²) in [6, 6.07) is 3.84. The van der Waals surface area contributed by atoms with Gasteiger partial charge in [0.25, 0.3) is 0 Å². The van der Waals surface area contributed by atoms with Crippen molar-refractivity contribution in [1.82, 2.24) is 5.32 Å². The number of sulfone groups is 1. The molecule has 0 aliphatic heterocycles. The molecule has 1 rings (SSSR count). The fourth-order valence-corrected chi connectivity index (χ4v) is 2.23. The molecule has 0 unspecified atom stereocenters. The first-order valence-corrected chi connectivity index (χ1v) is 7.32. The normalized spacial score (nSPS) is 11.9. The second-order valence-corrected chi connectivity index (χ2v) is 6.25. The maximum absolute atomic E-state index is 11.2. The summed E-state index contributed by atoms with van der Waals surface area (Å²) < 4.78 is 27.8. The van der Waals surface area contributed by atoms with Crippen molar-refractivity contribution in [3.63, 3.8) is 0 Å². The monoisotopic (exact) mass is 245 g/mol. The Morgan fingerprint density at radius 1 is 1.38 bits per heavy atom.